The van der Waals surface area contributed by atoms with Gasteiger partial charge < -0.3 is 14.5 Å². The Morgan fingerprint density at radius 2 is 1.40 bits per heavy atom. The van der Waals surface area contributed by atoms with E-state index in [1.807, 2.05) is 83.8 Å². The molecule has 1 amide bonds. The highest BCUT2D eigenvalue weighted by Gasteiger charge is 2.22. The van der Waals surface area contributed by atoms with Crippen LogP contribution in [0.5, 0.6) is 5.75 Å². The molecule has 0 bridgehead atoms. The lowest BCUT2D eigenvalue weighted by atomic mass is 10.1. The quantitative estimate of drug-likeness (QED) is 0.377. The number of carbonyl (C=O) groups is 1. The molecule has 5 rings (SSSR count). The molecular formula is C28H25ClN4O2. The minimum Gasteiger partial charge on any atom is -0.484 e. The first-order valence-corrected chi connectivity index (χ1v) is 11.9. The molecule has 0 atom stereocenters. The molecule has 0 unspecified atom stereocenters. The highest BCUT2D eigenvalue weighted by Crippen LogP contribution is 2.23. The predicted molar refractivity (Wildman–Crippen MR) is 139 cm³/mol. The van der Waals surface area contributed by atoms with Gasteiger partial charge in [-0.3, -0.25) is 4.79 Å². The van der Waals surface area contributed by atoms with Crippen LogP contribution in [-0.2, 0) is 4.79 Å². The highest BCUT2D eigenvalue weighted by atomic mass is 35.5. The van der Waals surface area contributed by atoms with Crippen LogP contribution in [0.3, 0.4) is 0 Å². The summed E-state index contributed by atoms with van der Waals surface area (Å²) in [5.41, 5.74) is 4.04. The minimum absolute atomic E-state index is 0.0130. The molecule has 0 spiro atoms. The van der Waals surface area contributed by atoms with Crippen molar-refractivity contribution in [3.05, 3.63) is 96.0 Å². The molecule has 1 aromatic heterocycles. The fourth-order valence-corrected chi connectivity index (χ4v) is 4.19. The third-order valence-corrected chi connectivity index (χ3v) is 6.32. The van der Waals surface area contributed by atoms with E-state index in [-0.39, 0.29) is 12.5 Å². The van der Waals surface area contributed by atoms with Gasteiger partial charge >= 0.3 is 0 Å². The number of halogens is 1. The average molecular weight is 485 g/mol. The number of piperazine rings is 1. The molecule has 1 saturated heterocycles. The maximum absolute atomic E-state index is 12.7. The van der Waals surface area contributed by atoms with Crippen molar-refractivity contribution in [3.8, 4) is 28.1 Å². The molecule has 1 aliphatic heterocycles. The van der Waals surface area contributed by atoms with E-state index in [4.69, 9.17) is 16.3 Å². The number of hydrogen-bond donors (Lipinski definition) is 0. The van der Waals surface area contributed by atoms with Gasteiger partial charge in [-0.1, -0.05) is 66.2 Å². The maximum atomic E-state index is 12.7. The van der Waals surface area contributed by atoms with Gasteiger partial charge in [0.25, 0.3) is 5.91 Å². The molecule has 0 radical (unpaired) electrons. The van der Waals surface area contributed by atoms with E-state index >= 15 is 0 Å². The summed E-state index contributed by atoms with van der Waals surface area (Å²) >= 11 is 5.96. The van der Waals surface area contributed by atoms with Crippen molar-refractivity contribution in [1.29, 1.82) is 0 Å². The lowest BCUT2D eigenvalue weighted by Gasteiger charge is -2.35. The van der Waals surface area contributed by atoms with Crippen LogP contribution in [-0.4, -0.2) is 53.8 Å². The number of nitrogens with zero attached hydrogens (tertiary/aromatic N) is 4. The smallest absolute Gasteiger partial charge is 0.260 e. The van der Waals surface area contributed by atoms with E-state index in [1.165, 1.54) is 0 Å². The van der Waals surface area contributed by atoms with E-state index in [0.717, 1.165) is 28.2 Å². The van der Waals surface area contributed by atoms with Crippen molar-refractivity contribution >= 4 is 23.3 Å². The van der Waals surface area contributed by atoms with Gasteiger partial charge in [-0.15, -0.1) is 10.2 Å². The molecule has 0 aliphatic carbocycles. The van der Waals surface area contributed by atoms with Crippen LogP contribution in [0.25, 0.3) is 22.4 Å². The average Bonchev–Trinajstić information content (AvgIpc) is 2.93. The second-order valence-corrected chi connectivity index (χ2v) is 8.77. The van der Waals surface area contributed by atoms with Crippen molar-refractivity contribution < 1.29 is 9.53 Å². The number of ether oxygens (including phenoxy) is 1. The number of amides is 1. The third kappa shape index (κ3) is 5.61. The molecule has 3 aromatic carbocycles. The van der Waals surface area contributed by atoms with Crippen LogP contribution in [0.4, 0.5) is 5.82 Å². The Morgan fingerprint density at radius 3 is 2.06 bits per heavy atom. The SMILES string of the molecule is O=C(COc1ccc(-c2ccccc2)cc1)N1CCN(c2ccc(-c3ccc(Cl)cc3)nn2)CC1. The van der Waals surface area contributed by atoms with Gasteiger partial charge in [0.2, 0.25) is 0 Å². The maximum Gasteiger partial charge on any atom is 0.260 e. The van der Waals surface area contributed by atoms with Crippen LogP contribution < -0.4 is 9.64 Å². The Hall–Kier alpha value is -3.90. The van der Waals surface area contributed by atoms with Crippen molar-refractivity contribution in [2.75, 3.05) is 37.7 Å². The lowest BCUT2D eigenvalue weighted by molar-refractivity contribution is -0.133. The van der Waals surface area contributed by atoms with Crippen LogP contribution in [0, 0.1) is 0 Å². The molecule has 1 fully saturated rings. The zero-order valence-electron chi connectivity index (χ0n) is 19.2. The monoisotopic (exact) mass is 484 g/mol. The molecule has 7 heteroatoms. The number of anilines is 1. The van der Waals surface area contributed by atoms with E-state index in [1.54, 1.807) is 0 Å². The molecule has 4 aromatic rings. The fourth-order valence-electron chi connectivity index (χ4n) is 4.06. The summed E-state index contributed by atoms with van der Waals surface area (Å²) in [6.45, 7) is 2.67. The Morgan fingerprint density at radius 1 is 0.743 bits per heavy atom. The third-order valence-electron chi connectivity index (χ3n) is 6.07. The van der Waals surface area contributed by atoms with Crippen LogP contribution in [0.1, 0.15) is 0 Å². The number of hydrogen-bond acceptors (Lipinski definition) is 5. The van der Waals surface area contributed by atoms with Gasteiger partial charge in [0.15, 0.2) is 12.4 Å². The number of benzene rings is 3. The lowest BCUT2D eigenvalue weighted by Crippen LogP contribution is -2.50. The Bertz CT molecular complexity index is 1260. The molecule has 0 saturated carbocycles. The summed E-state index contributed by atoms with van der Waals surface area (Å²) in [5, 5.41) is 9.44. The summed E-state index contributed by atoms with van der Waals surface area (Å²) in [4.78, 5) is 16.7. The molecule has 1 aliphatic rings. The van der Waals surface area contributed by atoms with Crippen molar-refractivity contribution in [3.63, 3.8) is 0 Å². The Labute approximate surface area is 209 Å². The minimum atomic E-state index is -0.0130. The zero-order valence-corrected chi connectivity index (χ0v) is 19.9. The molecule has 2 heterocycles. The first-order chi connectivity index (χ1) is 17.2. The highest BCUT2D eigenvalue weighted by molar-refractivity contribution is 6.30. The van der Waals surface area contributed by atoms with Gasteiger partial charge in [-0.2, -0.15) is 0 Å². The molecule has 35 heavy (non-hydrogen) atoms. The molecule has 0 N–H and O–H groups in total. The summed E-state index contributed by atoms with van der Waals surface area (Å²) in [7, 11) is 0. The summed E-state index contributed by atoms with van der Waals surface area (Å²) in [6.07, 6.45) is 0. The standard InChI is InChI=1S/C28H25ClN4O2/c29-24-10-6-23(7-11-24)26-14-15-27(31-30-26)32-16-18-33(19-17-32)28(34)20-35-25-12-8-22(9-13-25)21-4-2-1-3-5-21/h1-15H,16-20H2. The molecular weight excluding hydrogens is 460 g/mol. The number of rotatable bonds is 6. The van der Waals surface area contributed by atoms with Crippen LogP contribution in [0.15, 0.2) is 91.0 Å². The van der Waals surface area contributed by atoms with E-state index < -0.39 is 0 Å². The second kappa shape index (κ2) is 10.6. The topological polar surface area (TPSA) is 58.6 Å². The van der Waals surface area contributed by atoms with Crippen molar-refractivity contribution in [2.45, 2.75) is 0 Å². The van der Waals surface area contributed by atoms with Gasteiger partial charge in [0.1, 0.15) is 5.75 Å². The van der Waals surface area contributed by atoms with Gasteiger partial charge in [-0.05, 0) is 47.5 Å². The van der Waals surface area contributed by atoms with Crippen molar-refractivity contribution in [2.24, 2.45) is 0 Å². The number of carbonyl (C=O) groups excluding carboxylic acids is 1. The first kappa shape index (κ1) is 22.9. The van der Waals surface area contributed by atoms with E-state index in [2.05, 4.69) is 27.2 Å². The summed E-state index contributed by atoms with van der Waals surface area (Å²) < 4.78 is 5.75. The van der Waals surface area contributed by atoms with E-state index in [9.17, 15) is 4.79 Å². The normalized spacial score (nSPS) is 13.5. The largest absolute Gasteiger partial charge is 0.484 e. The zero-order chi connectivity index (χ0) is 24.0. The van der Waals surface area contributed by atoms with E-state index in [0.29, 0.717) is 37.0 Å². The van der Waals surface area contributed by atoms with Gasteiger partial charge in [-0.25, -0.2) is 0 Å². The van der Waals surface area contributed by atoms with Crippen molar-refractivity contribution in [1.82, 2.24) is 15.1 Å². The van der Waals surface area contributed by atoms with Gasteiger partial charge in [0, 0.05) is 36.8 Å². The molecule has 176 valence electrons. The predicted octanol–water partition coefficient (Wildman–Crippen LogP) is 5.19. The van der Waals surface area contributed by atoms with Crippen LogP contribution in [0.2, 0.25) is 5.02 Å². The first-order valence-electron chi connectivity index (χ1n) is 11.6. The summed E-state index contributed by atoms with van der Waals surface area (Å²) in [6, 6.07) is 29.4. The second-order valence-electron chi connectivity index (χ2n) is 8.33. The molecule has 6 nitrogen and oxygen atoms in total. The van der Waals surface area contributed by atoms with Gasteiger partial charge in [0.05, 0.1) is 5.69 Å². The van der Waals surface area contributed by atoms with Crippen LogP contribution >= 0.6 is 11.6 Å². The summed E-state index contributed by atoms with van der Waals surface area (Å²) in [5.74, 6) is 1.48. The Balaban J connectivity index is 1.11. The fraction of sp³-hybridized carbons (Fsp3) is 0.179. The Kier molecular flexibility index (Phi) is 6.91. The number of aromatic nitrogens is 2.